The summed E-state index contributed by atoms with van der Waals surface area (Å²) in [5, 5.41) is 13.3. The molecule has 1 N–H and O–H groups in total. The highest BCUT2D eigenvalue weighted by Gasteiger charge is 2.38. The van der Waals surface area contributed by atoms with E-state index in [-0.39, 0.29) is 24.4 Å². The fourth-order valence-electron chi connectivity index (χ4n) is 4.15. The number of fused-ring (bicyclic) bond motifs is 2. The van der Waals surface area contributed by atoms with Crippen LogP contribution in [0.2, 0.25) is 0 Å². The number of rotatable bonds is 2. The standard InChI is InChI=1S/C19H20N4O2/c1-12-15(9-20)14-4-2-3-5-17(14)23(12)11-19(25)22-7-6-13-8-18(24)21-16(13)10-22/h2-5,13,16H,6-8,10-11H2,1H3,(H,21,24)/t13-,16-/m1/s1. The van der Waals surface area contributed by atoms with Crippen LogP contribution >= 0.6 is 0 Å². The van der Waals surface area contributed by atoms with Gasteiger partial charge in [0.05, 0.1) is 11.1 Å². The maximum atomic E-state index is 12.8. The van der Waals surface area contributed by atoms with Gasteiger partial charge in [-0.3, -0.25) is 9.59 Å². The zero-order chi connectivity index (χ0) is 17.6. The molecule has 128 valence electrons. The first-order valence-corrected chi connectivity index (χ1v) is 8.63. The van der Waals surface area contributed by atoms with Crippen molar-refractivity contribution in [1.82, 2.24) is 14.8 Å². The number of likely N-dealkylation sites (tertiary alicyclic amines) is 1. The summed E-state index contributed by atoms with van der Waals surface area (Å²) in [6, 6.07) is 10.0. The van der Waals surface area contributed by atoms with E-state index in [2.05, 4.69) is 11.4 Å². The van der Waals surface area contributed by atoms with Crippen molar-refractivity contribution < 1.29 is 9.59 Å². The Morgan fingerprint density at radius 3 is 3.00 bits per heavy atom. The van der Waals surface area contributed by atoms with Gasteiger partial charge < -0.3 is 14.8 Å². The van der Waals surface area contributed by atoms with Crippen molar-refractivity contribution in [3.63, 3.8) is 0 Å². The Kier molecular flexibility index (Phi) is 3.72. The van der Waals surface area contributed by atoms with E-state index in [9.17, 15) is 14.9 Å². The highest BCUT2D eigenvalue weighted by molar-refractivity contribution is 5.89. The molecular weight excluding hydrogens is 316 g/mol. The summed E-state index contributed by atoms with van der Waals surface area (Å²) in [5.74, 6) is 0.485. The van der Waals surface area contributed by atoms with Gasteiger partial charge in [-0.25, -0.2) is 0 Å². The predicted octanol–water partition coefficient (Wildman–Crippen LogP) is 1.56. The maximum Gasteiger partial charge on any atom is 0.242 e. The normalized spacial score (nSPS) is 22.6. The van der Waals surface area contributed by atoms with Crippen LogP contribution in [0.15, 0.2) is 24.3 Å². The molecule has 2 aliphatic heterocycles. The Hall–Kier alpha value is -2.81. The Bertz CT molecular complexity index is 908. The number of amides is 2. The van der Waals surface area contributed by atoms with Crippen LogP contribution in [0.5, 0.6) is 0 Å². The van der Waals surface area contributed by atoms with Gasteiger partial charge in [0.15, 0.2) is 0 Å². The molecule has 2 amide bonds. The van der Waals surface area contributed by atoms with Gasteiger partial charge in [0.1, 0.15) is 12.6 Å². The number of aromatic nitrogens is 1. The molecule has 1 aromatic heterocycles. The lowest BCUT2D eigenvalue weighted by Crippen LogP contribution is -2.49. The van der Waals surface area contributed by atoms with Gasteiger partial charge in [-0.1, -0.05) is 18.2 Å². The van der Waals surface area contributed by atoms with Crippen LogP contribution < -0.4 is 5.32 Å². The third kappa shape index (κ3) is 2.56. The summed E-state index contributed by atoms with van der Waals surface area (Å²) in [6.45, 7) is 3.38. The van der Waals surface area contributed by atoms with Crippen molar-refractivity contribution in [2.45, 2.75) is 32.4 Å². The summed E-state index contributed by atoms with van der Waals surface area (Å²) in [5.41, 5.74) is 2.36. The summed E-state index contributed by atoms with van der Waals surface area (Å²) in [6.07, 6.45) is 1.45. The Labute approximate surface area is 146 Å². The molecule has 0 radical (unpaired) electrons. The summed E-state index contributed by atoms with van der Waals surface area (Å²) < 4.78 is 1.93. The van der Waals surface area contributed by atoms with Gasteiger partial charge in [0.2, 0.25) is 11.8 Å². The van der Waals surface area contributed by atoms with Crippen LogP contribution in [0, 0.1) is 24.2 Å². The molecule has 0 spiro atoms. The molecule has 2 saturated heterocycles. The van der Waals surface area contributed by atoms with E-state index in [0.29, 0.717) is 31.0 Å². The maximum absolute atomic E-state index is 12.8. The minimum atomic E-state index is 0.0351. The number of piperidine rings is 1. The first kappa shape index (κ1) is 15.7. The Morgan fingerprint density at radius 2 is 2.20 bits per heavy atom. The smallest absolute Gasteiger partial charge is 0.242 e. The van der Waals surface area contributed by atoms with Gasteiger partial charge in [0.25, 0.3) is 0 Å². The topological polar surface area (TPSA) is 78.1 Å². The lowest BCUT2D eigenvalue weighted by Gasteiger charge is -2.34. The third-order valence-corrected chi connectivity index (χ3v) is 5.54. The monoisotopic (exact) mass is 336 g/mol. The Morgan fingerprint density at radius 1 is 1.40 bits per heavy atom. The first-order chi connectivity index (χ1) is 12.1. The van der Waals surface area contributed by atoms with Gasteiger partial charge in [-0.05, 0) is 25.3 Å². The van der Waals surface area contributed by atoms with E-state index in [1.54, 1.807) is 0 Å². The molecule has 3 heterocycles. The molecule has 0 unspecified atom stereocenters. The SMILES string of the molecule is Cc1c(C#N)c2ccccc2n1CC(=O)N1CC[C@@H]2CC(=O)N[C@@H]2C1. The number of nitrogens with zero attached hydrogens (tertiary/aromatic N) is 3. The van der Waals surface area contributed by atoms with Crippen molar-refractivity contribution >= 4 is 22.7 Å². The van der Waals surface area contributed by atoms with Gasteiger partial charge in [0, 0.05) is 36.6 Å². The number of hydrogen-bond donors (Lipinski definition) is 1. The van der Waals surface area contributed by atoms with Gasteiger partial charge in [-0.15, -0.1) is 0 Å². The van der Waals surface area contributed by atoms with Gasteiger partial charge in [-0.2, -0.15) is 5.26 Å². The van der Waals surface area contributed by atoms with Crippen LogP contribution in [0.1, 0.15) is 24.1 Å². The van der Waals surface area contributed by atoms with E-state index < -0.39 is 0 Å². The van der Waals surface area contributed by atoms with E-state index in [4.69, 9.17) is 0 Å². The third-order valence-electron chi connectivity index (χ3n) is 5.54. The number of carbonyl (C=O) groups excluding carboxylic acids is 2. The molecule has 2 atom stereocenters. The zero-order valence-corrected chi connectivity index (χ0v) is 14.2. The minimum absolute atomic E-state index is 0.0351. The molecule has 25 heavy (non-hydrogen) atoms. The zero-order valence-electron chi connectivity index (χ0n) is 14.2. The number of nitriles is 1. The molecule has 6 heteroatoms. The second-order valence-electron chi connectivity index (χ2n) is 6.94. The molecular formula is C19H20N4O2. The second-order valence-corrected chi connectivity index (χ2v) is 6.94. The molecule has 2 aromatic rings. The molecule has 0 saturated carbocycles. The van der Waals surface area contributed by atoms with E-state index in [1.165, 1.54) is 0 Å². The predicted molar refractivity (Wildman–Crippen MR) is 92.6 cm³/mol. The largest absolute Gasteiger partial charge is 0.351 e. The number of para-hydroxylation sites is 1. The number of benzene rings is 1. The molecule has 4 rings (SSSR count). The Balaban J connectivity index is 1.58. The number of nitrogens with one attached hydrogen (secondary N) is 1. The summed E-state index contributed by atoms with van der Waals surface area (Å²) in [4.78, 5) is 26.2. The van der Waals surface area contributed by atoms with E-state index in [0.717, 1.165) is 23.0 Å². The lowest BCUT2D eigenvalue weighted by atomic mass is 9.92. The fraction of sp³-hybridized carbons (Fsp3) is 0.421. The van der Waals surface area contributed by atoms with Crippen LogP contribution in [0.25, 0.3) is 10.9 Å². The summed E-state index contributed by atoms with van der Waals surface area (Å²) >= 11 is 0. The molecule has 1 aromatic carbocycles. The second kappa shape index (κ2) is 5.92. The van der Waals surface area contributed by atoms with Crippen molar-refractivity contribution in [3.05, 3.63) is 35.5 Å². The fourth-order valence-corrected chi connectivity index (χ4v) is 4.15. The van der Waals surface area contributed by atoms with Crippen molar-refractivity contribution in [2.75, 3.05) is 13.1 Å². The lowest BCUT2D eigenvalue weighted by molar-refractivity contribution is -0.133. The van der Waals surface area contributed by atoms with E-state index >= 15 is 0 Å². The van der Waals surface area contributed by atoms with Crippen LogP contribution in [-0.2, 0) is 16.1 Å². The quantitative estimate of drug-likeness (QED) is 0.904. The number of carbonyl (C=O) groups is 2. The molecule has 6 nitrogen and oxygen atoms in total. The van der Waals surface area contributed by atoms with Gasteiger partial charge >= 0.3 is 0 Å². The average Bonchev–Trinajstić information content (AvgIpc) is 3.11. The molecule has 0 aliphatic carbocycles. The van der Waals surface area contributed by atoms with Crippen LogP contribution in [0.4, 0.5) is 0 Å². The highest BCUT2D eigenvalue weighted by atomic mass is 16.2. The van der Waals surface area contributed by atoms with E-state index in [1.807, 2.05) is 40.7 Å². The number of hydrogen-bond acceptors (Lipinski definition) is 3. The molecule has 2 aliphatic rings. The van der Waals surface area contributed by atoms with Crippen LogP contribution in [-0.4, -0.2) is 40.4 Å². The van der Waals surface area contributed by atoms with Crippen molar-refractivity contribution in [1.29, 1.82) is 5.26 Å². The summed E-state index contributed by atoms with van der Waals surface area (Å²) in [7, 11) is 0. The minimum Gasteiger partial charge on any atom is -0.351 e. The van der Waals surface area contributed by atoms with Crippen molar-refractivity contribution in [2.24, 2.45) is 5.92 Å². The van der Waals surface area contributed by atoms with Crippen LogP contribution in [0.3, 0.4) is 0 Å². The molecule has 2 fully saturated rings. The molecule has 0 bridgehead atoms. The first-order valence-electron chi connectivity index (χ1n) is 8.63. The highest BCUT2D eigenvalue weighted by Crippen LogP contribution is 2.28. The van der Waals surface area contributed by atoms with Crippen molar-refractivity contribution in [3.8, 4) is 6.07 Å². The average molecular weight is 336 g/mol.